The molecule has 2 heterocycles. The third-order valence-corrected chi connectivity index (χ3v) is 7.68. The van der Waals surface area contributed by atoms with Crippen LogP contribution < -0.4 is 10.2 Å². The number of rotatable bonds is 7. The van der Waals surface area contributed by atoms with Crippen molar-refractivity contribution in [3.05, 3.63) is 48.5 Å². The number of para-hydroxylation sites is 2. The van der Waals surface area contributed by atoms with Gasteiger partial charge in [-0.1, -0.05) is 26.0 Å². The molecule has 0 unspecified atom stereocenters. The third kappa shape index (κ3) is 4.11. The van der Waals surface area contributed by atoms with Crippen molar-refractivity contribution in [3.8, 4) is 0 Å². The van der Waals surface area contributed by atoms with Gasteiger partial charge in [-0.05, 0) is 36.4 Å². The number of aromatic amines is 1. The van der Waals surface area contributed by atoms with Crippen molar-refractivity contribution >= 4 is 44.5 Å². The topological polar surface area (TPSA) is 115 Å². The van der Waals surface area contributed by atoms with Crippen LogP contribution in [0, 0.1) is 5.92 Å². The predicted molar refractivity (Wildman–Crippen MR) is 122 cm³/mol. The number of benzene rings is 2. The number of anilines is 2. The van der Waals surface area contributed by atoms with Gasteiger partial charge in [-0.15, -0.1) is 0 Å². The van der Waals surface area contributed by atoms with Crippen molar-refractivity contribution in [2.24, 2.45) is 5.92 Å². The average molecular weight is 456 g/mol. The Morgan fingerprint density at radius 1 is 1.16 bits per heavy atom. The first kappa shape index (κ1) is 22.0. The van der Waals surface area contributed by atoms with Gasteiger partial charge in [0, 0.05) is 31.7 Å². The molecule has 2 aromatic carbocycles. The molecule has 10 heteroatoms. The second-order valence-electron chi connectivity index (χ2n) is 7.58. The molecule has 1 aromatic heterocycles. The molecule has 0 saturated carbocycles. The summed E-state index contributed by atoms with van der Waals surface area (Å²) >= 11 is 0. The zero-order valence-corrected chi connectivity index (χ0v) is 18.7. The smallest absolute Gasteiger partial charge is 0.243 e. The van der Waals surface area contributed by atoms with Crippen LogP contribution in [-0.4, -0.2) is 54.1 Å². The van der Waals surface area contributed by atoms with E-state index in [0.29, 0.717) is 24.7 Å². The number of fused-ring (bicyclic) bond motifs is 1. The molecule has 168 valence electrons. The van der Waals surface area contributed by atoms with Crippen LogP contribution in [0.1, 0.15) is 20.3 Å². The van der Waals surface area contributed by atoms with Crippen LogP contribution in [-0.2, 0) is 19.6 Å². The fraction of sp³-hybridized carbons (Fsp3) is 0.318. The first-order valence-electron chi connectivity index (χ1n) is 10.5. The molecule has 4 rings (SSSR count). The number of carbonyl (C=O) groups excluding carboxylic acids is 2. The zero-order chi connectivity index (χ0) is 22.9. The van der Waals surface area contributed by atoms with E-state index in [9.17, 15) is 18.0 Å². The fourth-order valence-corrected chi connectivity index (χ4v) is 5.33. The summed E-state index contributed by atoms with van der Waals surface area (Å²) in [6.07, 6.45) is 0.0750. The molecule has 0 spiro atoms. The van der Waals surface area contributed by atoms with Gasteiger partial charge in [-0.3, -0.25) is 14.9 Å². The minimum atomic E-state index is -3.57. The number of carbonyl (C=O) groups is 2. The maximum atomic E-state index is 12.7. The standard InChI is InChI=1S/C22H25N5O4S/c1-3-26(4-2)32(30,31)17-11-9-16(10-12-17)27-14-15(13-20(27)28)21(29)25-22-23-18-7-5-6-8-19(18)24-22/h5-12,15H,3-4,13-14H2,1-2H3,(H2,23,24,25,29)/t15-/m1/s1. The summed E-state index contributed by atoms with van der Waals surface area (Å²) in [6.45, 7) is 4.55. The third-order valence-electron chi connectivity index (χ3n) is 5.62. The highest BCUT2D eigenvalue weighted by atomic mass is 32.2. The van der Waals surface area contributed by atoms with Gasteiger partial charge in [0.2, 0.25) is 27.8 Å². The van der Waals surface area contributed by atoms with Crippen molar-refractivity contribution in [2.75, 3.05) is 29.9 Å². The van der Waals surface area contributed by atoms with Crippen LogP contribution in [0.2, 0.25) is 0 Å². The molecule has 0 radical (unpaired) electrons. The van der Waals surface area contributed by atoms with Gasteiger partial charge < -0.3 is 9.88 Å². The molecule has 2 N–H and O–H groups in total. The lowest BCUT2D eigenvalue weighted by Gasteiger charge is -2.20. The van der Waals surface area contributed by atoms with Gasteiger partial charge >= 0.3 is 0 Å². The van der Waals surface area contributed by atoms with Gasteiger partial charge in [-0.2, -0.15) is 4.31 Å². The SMILES string of the molecule is CCN(CC)S(=O)(=O)c1ccc(N2C[C@H](C(=O)Nc3nc4ccccc4[nH]3)CC2=O)cc1. The summed E-state index contributed by atoms with van der Waals surface area (Å²) < 4.78 is 26.7. The summed E-state index contributed by atoms with van der Waals surface area (Å²) in [5.74, 6) is -0.669. The molecule has 1 aliphatic rings. The second-order valence-corrected chi connectivity index (χ2v) is 9.52. The summed E-state index contributed by atoms with van der Waals surface area (Å²) in [4.78, 5) is 34.3. The first-order valence-corrected chi connectivity index (χ1v) is 11.9. The zero-order valence-electron chi connectivity index (χ0n) is 17.9. The Balaban J connectivity index is 1.45. The molecule has 2 amide bonds. The quantitative estimate of drug-likeness (QED) is 0.568. The van der Waals surface area contributed by atoms with E-state index >= 15 is 0 Å². The Morgan fingerprint density at radius 2 is 1.84 bits per heavy atom. The van der Waals surface area contributed by atoms with Crippen LogP contribution in [0.15, 0.2) is 53.4 Å². The number of imidazole rings is 1. The number of hydrogen-bond donors (Lipinski definition) is 2. The maximum absolute atomic E-state index is 12.7. The minimum Gasteiger partial charge on any atom is -0.324 e. The lowest BCUT2D eigenvalue weighted by atomic mass is 10.1. The van der Waals surface area contributed by atoms with Gasteiger partial charge in [0.25, 0.3) is 0 Å². The number of H-pyrrole nitrogens is 1. The van der Waals surface area contributed by atoms with E-state index in [2.05, 4.69) is 15.3 Å². The van der Waals surface area contributed by atoms with E-state index in [0.717, 1.165) is 11.0 Å². The average Bonchev–Trinajstić information content (AvgIpc) is 3.37. The summed E-state index contributed by atoms with van der Waals surface area (Å²) in [6, 6.07) is 13.6. The molecule has 1 aliphatic heterocycles. The molecule has 3 aromatic rings. The largest absolute Gasteiger partial charge is 0.324 e. The van der Waals surface area contributed by atoms with Gasteiger partial charge in [0.1, 0.15) is 0 Å². The molecule has 0 aliphatic carbocycles. The number of nitrogens with one attached hydrogen (secondary N) is 2. The lowest BCUT2D eigenvalue weighted by molar-refractivity contribution is -0.122. The molecule has 0 bridgehead atoms. The van der Waals surface area contributed by atoms with Gasteiger partial charge in [0.05, 0.1) is 21.8 Å². The molecule has 1 saturated heterocycles. The summed E-state index contributed by atoms with van der Waals surface area (Å²) in [5.41, 5.74) is 2.12. The van der Waals surface area contributed by atoms with Crippen LogP contribution in [0.25, 0.3) is 11.0 Å². The van der Waals surface area contributed by atoms with E-state index in [1.807, 2.05) is 24.3 Å². The lowest BCUT2D eigenvalue weighted by Crippen LogP contribution is -2.31. The highest BCUT2D eigenvalue weighted by Gasteiger charge is 2.35. The number of amides is 2. The molecular formula is C22H25N5O4S. The number of hydrogen-bond acceptors (Lipinski definition) is 5. The van der Waals surface area contributed by atoms with Gasteiger partial charge in [0.15, 0.2) is 0 Å². The molecular weight excluding hydrogens is 430 g/mol. The highest BCUT2D eigenvalue weighted by molar-refractivity contribution is 7.89. The Hall–Kier alpha value is -3.24. The number of nitrogens with zero attached hydrogens (tertiary/aromatic N) is 3. The molecule has 32 heavy (non-hydrogen) atoms. The predicted octanol–water partition coefficient (Wildman–Crippen LogP) is 2.59. The Kier molecular flexibility index (Phi) is 5.98. The van der Waals surface area contributed by atoms with Crippen molar-refractivity contribution in [1.82, 2.24) is 14.3 Å². The van der Waals surface area contributed by atoms with Crippen molar-refractivity contribution in [2.45, 2.75) is 25.2 Å². The molecule has 1 atom stereocenters. The monoisotopic (exact) mass is 455 g/mol. The van der Waals surface area contributed by atoms with Crippen LogP contribution in [0.5, 0.6) is 0 Å². The van der Waals surface area contributed by atoms with Crippen LogP contribution in [0.3, 0.4) is 0 Å². The Morgan fingerprint density at radius 3 is 2.50 bits per heavy atom. The number of aromatic nitrogens is 2. The van der Waals surface area contributed by atoms with Crippen LogP contribution in [0.4, 0.5) is 11.6 Å². The Labute approximate surface area is 186 Å². The fourth-order valence-electron chi connectivity index (χ4n) is 3.87. The van der Waals surface area contributed by atoms with Crippen molar-refractivity contribution in [1.29, 1.82) is 0 Å². The maximum Gasteiger partial charge on any atom is 0.243 e. The first-order chi connectivity index (χ1) is 15.3. The van der Waals surface area contributed by atoms with Crippen molar-refractivity contribution < 1.29 is 18.0 Å². The Bertz CT molecular complexity index is 1220. The van der Waals surface area contributed by atoms with E-state index in [4.69, 9.17) is 0 Å². The van der Waals surface area contributed by atoms with E-state index in [-0.39, 0.29) is 29.7 Å². The van der Waals surface area contributed by atoms with Gasteiger partial charge in [-0.25, -0.2) is 13.4 Å². The van der Waals surface area contributed by atoms with Crippen LogP contribution >= 0.6 is 0 Å². The van der Waals surface area contributed by atoms with Crippen molar-refractivity contribution in [3.63, 3.8) is 0 Å². The molecule has 1 fully saturated rings. The van der Waals surface area contributed by atoms with E-state index in [1.54, 1.807) is 26.0 Å². The summed E-state index contributed by atoms with van der Waals surface area (Å²) in [5, 5.41) is 2.75. The second kappa shape index (κ2) is 8.71. The van der Waals surface area contributed by atoms with E-state index < -0.39 is 15.9 Å². The summed E-state index contributed by atoms with van der Waals surface area (Å²) in [7, 11) is -3.57. The minimum absolute atomic E-state index is 0.0750. The molecule has 9 nitrogen and oxygen atoms in total. The highest BCUT2D eigenvalue weighted by Crippen LogP contribution is 2.28. The number of sulfonamides is 1. The normalized spacial score (nSPS) is 16.8. The van der Waals surface area contributed by atoms with E-state index in [1.165, 1.54) is 21.3 Å².